The number of nitrogens with zero attached hydrogens (tertiary/aromatic N) is 1. The molecular weight excluding hydrogens is 200 g/mol. The van der Waals surface area contributed by atoms with Gasteiger partial charge in [-0.15, -0.1) is 0 Å². The molecule has 1 unspecified atom stereocenters. The summed E-state index contributed by atoms with van der Waals surface area (Å²) < 4.78 is 5.33. The molecule has 0 aromatic rings. The van der Waals surface area contributed by atoms with Gasteiger partial charge in [0.1, 0.15) is 0 Å². The van der Waals surface area contributed by atoms with Gasteiger partial charge in [-0.3, -0.25) is 4.90 Å². The first-order valence-corrected chi connectivity index (χ1v) is 6.83. The van der Waals surface area contributed by atoms with Crippen LogP contribution in [-0.2, 0) is 4.74 Å². The van der Waals surface area contributed by atoms with Crippen molar-refractivity contribution in [3.63, 3.8) is 0 Å². The van der Waals surface area contributed by atoms with Gasteiger partial charge in [-0.25, -0.2) is 0 Å². The maximum atomic E-state index is 5.33. The van der Waals surface area contributed by atoms with E-state index in [1.54, 1.807) is 0 Å². The summed E-state index contributed by atoms with van der Waals surface area (Å²) in [6, 6.07) is 0. The van der Waals surface area contributed by atoms with Crippen LogP contribution in [0.3, 0.4) is 0 Å². The van der Waals surface area contributed by atoms with Crippen molar-refractivity contribution in [2.45, 2.75) is 33.1 Å². The van der Waals surface area contributed by atoms with Gasteiger partial charge in [0.25, 0.3) is 0 Å². The fourth-order valence-electron chi connectivity index (χ4n) is 1.93. The third-order valence-corrected chi connectivity index (χ3v) is 3.44. The molecule has 0 aromatic heterocycles. The van der Waals surface area contributed by atoms with Crippen molar-refractivity contribution in [2.24, 2.45) is 5.92 Å². The Hall–Kier alpha value is -0.120. The zero-order valence-corrected chi connectivity index (χ0v) is 11.0. The predicted octanol–water partition coefficient (Wildman–Crippen LogP) is 1.73. The van der Waals surface area contributed by atoms with Crippen LogP contribution in [0.4, 0.5) is 0 Å². The first-order chi connectivity index (χ1) is 7.83. The second kappa shape index (κ2) is 8.97. The predicted molar refractivity (Wildman–Crippen MR) is 68.8 cm³/mol. The standard InChI is InChI=1S/C13H28N2O/c1-3-13(2)5-7-14-6-4-8-15-9-11-16-12-10-15/h13-14H,3-12H2,1-2H3. The number of rotatable bonds is 8. The van der Waals surface area contributed by atoms with E-state index in [2.05, 4.69) is 24.1 Å². The fraction of sp³-hybridized carbons (Fsp3) is 1.00. The molecule has 1 heterocycles. The van der Waals surface area contributed by atoms with E-state index in [1.807, 2.05) is 0 Å². The number of ether oxygens (including phenoxy) is 1. The zero-order valence-electron chi connectivity index (χ0n) is 11.0. The van der Waals surface area contributed by atoms with E-state index in [1.165, 1.54) is 32.4 Å². The Balaban J connectivity index is 1.84. The molecule has 0 radical (unpaired) electrons. The molecule has 3 nitrogen and oxygen atoms in total. The highest BCUT2D eigenvalue weighted by atomic mass is 16.5. The van der Waals surface area contributed by atoms with Gasteiger partial charge >= 0.3 is 0 Å². The molecule has 1 aliphatic heterocycles. The average molecular weight is 228 g/mol. The number of hydrogen-bond acceptors (Lipinski definition) is 3. The van der Waals surface area contributed by atoms with E-state index in [0.29, 0.717) is 0 Å². The van der Waals surface area contributed by atoms with Crippen molar-refractivity contribution in [2.75, 3.05) is 45.9 Å². The molecule has 1 saturated heterocycles. The van der Waals surface area contributed by atoms with E-state index in [4.69, 9.17) is 4.74 Å². The van der Waals surface area contributed by atoms with E-state index in [-0.39, 0.29) is 0 Å². The highest BCUT2D eigenvalue weighted by Gasteiger charge is 2.08. The number of morpholine rings is 1. The second-order valence-corrected chi connectivity index (χ2v) is 4.86. The van der Waals surface area contributed by atoms with Gasteiger partial charge in [-0.2, -0.15) is 0 Å². The summed E-state index contributed by atoms with van der Waals surface area (Å²) >= 11 is 0. The lowest BCUT2D eigenvalue weighted by molar-refractivity contribution is 0.0374. The Kier molecular flexibility index (Phi) is 7.81. The molecule has 16 heavy (non-hydrogen) atoms. The molecule has 1 aliphatic rings. The summed E-state index contributed by atoms with van der Waals surface area (Å²) in [7, 11) is 0. The van der Waals surface area contributed by atoms with Crippen LogP contribution < -0.4 is 5.32 Å². The number of nitrogens with one attached hydrogen (secondary N) is 1. The molecule has 0 saturated carbocycles. The third kappa shape index (κ3) is 6.46. The minimum atomic E-state index is 0.867. The summed E-state index contributed by atoms with van der Waals surface area (Å²) in [6.07, 6.45) is 3.88. The van der Waals surface area contributed by atoms with Gasteiger partial charge in [0.2, 0.25) is 0 Å². The Morgan fingerprint density at radius 2 is 2.00 bits per heavy atom. The topological polar surface area (TPSA) is 24.5 Å². The van der Waals surface area contributed by atoms with Gasteiger partial charge in [0.15, 0.2) is 0 Å². The average Bonchev–Trinajstić information content (AvgIpc) is 2.34. The summed E-state index contributed by atoms with van der Waals surface area (Å²) in [5.74, 6) is 0.867. The molecule has 0 spiro atoms. The smallest absolute Gasteiger partial charge is 0.0594 e. The SMILES string of the molecule is CCC(C)CCNCCCN1CCOCC1. The van der Waals surface area contributed by atoms with Crippen molar-refractivity contribution in [1.29, 1.82) is 0 Å². The highest BCUT2D eigenvalue weighted by molar-refractivity contribution is 4.62. The Bertz CT molecular complexity index is 158. The molecule has 1 fully saturated rings. The second-order valence-electron chi connectivity index (χ2n) is 4.86. The molecule has 0 amide bonds. The third-order valence-electron chi connectivity index (χ3n) is 3.44. The highest BCUT2D eigenvalue weighted by Crippen LogP contribution is 2.04. The lowest BCUT2D eigenvalue weighted by atomic mass is 10.1. The van der Waals surface area contributed by atoms with Crippen LogP contribution in [0.2, 0.25) is 0 Å². The summed E-state index contributed by atoms with van der Waals surface area (Å²) in [5.41, 5.74) is 0. The lowest BCUT2D eigenvalue weighted by Crippen LogP contribution is -2.37. The lowest BCUT2D eigenvalue weighted by Gasteiger charge is -2.26. The van der Waals surface area contributed by atoms with Crippen molar-refractivity contribution in [3.8, 4) is 0 Å². The fourth-order valence-corrected chi connectivity index (χ4v) is 1.93. The quantitative estimate of drug-likeness (QED) is 0.640. The van der Waals surface area contributed by atoms with Crippen LogP contribution in [0, 0.1) is 5.92 Å². The maximum Gasteiger partial charge on any atom is 0.0594 e. The summed E-state index contributed by atoms with van der Waals surface area (Å²) in [6.45, 7) is 12.2. The molecule has 0 aliphatic carbocycles. The maximum absolute atomic E-state index is 5.33. The van der Waals surface area contributed by atoms with Gasteiger partial charge in [0, 0.05) is 13.1 Å². The first kappa shape index (κ1) is 13.9. The van der Waals surface area contributed by atoms with E-state index in [9.17, 15) is 0 Å². The minimum Gasteiger partial charge on any atom is -0.379 e. The molecule has 1 rings (SSSR count). The largest absolute Gasteiger partial charge is 0.379 e. The monoisotopic (exact) mass is 228 g/mol. The van der Waals surface area contributed by atoms with Crippen LogP contribution in [0.15, 0.2) is 0 Å². The van der Waals surface area contributed by atoms with Gasteiger partial charge in [-0.05, 0) is 38.4 Å². The van der Waals surface area contributed by atoms with Crippen molar-refractivity contribution < 1.29 is 4.74 Å². The van der Waals surface area contributed by atoms with Gasteiger partial charge in [0.05, 0.1) is 13.2 Å². The molecule has 1 N–H and O–H groups in total. The Morgan fingerprint density at radius 3 is 2.69 bits per heavy atom. The van der Waals surface area contributed by atoms with Crippen LogP contribution in [-0.4, -0.2) is 50.8 Å². The van der Waals surface area contributed by atoms with E-state index < -0.39 is 0 Å². The molecule has 1 atom stereocenters. The summed E-state index contributed by atoms with van der Waals surface area (Å²) in [5, 5.41) is 3.53. The van der Waals surface area contributed by atoms with Crippen molar-refractivity contribution >= 4 is 0 Å². The molecule has 0 aromatic carbocycles. The van der Waals surface area contributed by atoms with Crippen LogP contribution in [0.5, 0.6) is 0 Å². The van der Waals surface area contributed by atoms with E-state index in [0.717, 1.165) is 38.8 Å². The van der Waals surface area contributed by atoms with Crippen LogP contribution >= 0.6 is 0 Å². The summed E-state index contributed by atoms with van der Waals surface area (Å²) in [4.78, 5) is 2.50. The van der Waals surface area contributed by atoms with Crippen LogP contribution in [0.25, 0.3) is 0 Å². The minimum absolute atomic E-state index is 0.867. The number of hydrogen-bond donors (Lipinski definition) is 1. The normalized spacial score (nSPS) is 19.9. The molecule has 3 heteroatoms. The van der Waals surface area contributed by atoms with Crippen molar-refractivity contribution in [3.05, 3.63) is 0 Å². The van der Waals surface area contributed by atoms with Crippen molar-refractivity contribution in [1.82, 2.24) is 10.2 Å². The zero-order chi connectivity index (χ0) is 11.6. The first-order valence-electron chi connectivity index (χ1n) is 6.83. The Morgan fingerprint density at radius 1 is 1.25 bits per heavy atom. The van der Waals surface area contributed by atoms with E-state index >= 15 is 0 Å². The van der Waals surface area contributed by atoms with Crippen LogP contribution in [0.1, 0.15) is 33.1 Å². The van der Waals surface area contributed by atoms with Gasteiger partial charge < -0.3 is 10.1 Å². The Labute approximate surface area is 101 Å². The van der Waals surface area contributed by atoms with Gasteiger partial charge in [-0.1, -0.05) is 20.3 Å². The molecular formula is C13H28N2O. The molecule has 0 bridgehead atoms. The molecule has 96 valence electrons.